The van der Waals surface area contributed by atoms with Crippen LogP contribution in [0.15, 0.2) is 12.4 Å². The van der Waals surface area contributed by atoms with Crippen molar-refractivity contribution in [1.82, 2.24) is 9.97 Å². The SMILES string of the molecule is COc1cnc(N[C@@H](CCC(C)(C)C)C(=O)O)nc1. The number of ether oxygens (including phenoxy) is 1. The molecule has 2 N–H and O–H groups in total. The summed E-state index contributed by atoms with van der Waals surface area (Å²) in [5.41, 5.74) is 0.0934. The third-order valence-corrected chi connectivity index (χ3v) is 2.65. The maximum Gasteiger partial charge on any atom is 0.326 e. The average molecular weight is 267 g/mol. The van der Waals surface area contributed by atoms with Gasteiger partial charge in [-0.1, -0.05) is 20.8 Å². The summed E-state index contributed by atoms with van der Waals surface area (Å²) in [6.45, 7) is 6.24. The second-order valence-electron chi connectivity index (χ2n) is 5.58. The number of nitrogens with zero attached hydrogens (tertiary/aromatic N) is 2. The Bertz CT molecular complexity index is 412. The topological polar surface area (TPSA) is 84.3 Å². The number of carbonyl (C=O) groups is 1. The van der Waals surface area contributed by atoms with Gasteiger partial charge < -0.3 is 15.2 Å². The summed E-state index contributed by atoms with van der Waals surface area (Å²) >= 11 is 0. The first-order chi connectivity index (χ1) is 8.81. The molecule has 1 heterocycles. The standard InChI is InChI=1S/C13H21N3O3/c1-13(2,3)6-5-10(11(17)18)16-12-14-7-9(19-4)8-15-12/h7-8,10H,5-6H2,1-4H3,(H,17,18)(H,14,15,16)/t10-/m0/s1. The van der Waals surface area contributed by atoms with Crippen LogP contribution >= 0.6 is 0 Å². The molecule has 0 saturated carbocycles. The highest BCUT2D eigenvalue weighted by Crippen LogP contribution is 2.22. The van der Waals surface area contributed by atoms with Crippen molar-refractivity contribution in [2.24, 2.45) is 5.41 Å². The number of aliphatic carboxylic acids is 1. The largest absolute Gasteiger partial charge is 0.494 e. The Balaban J connectivity index is 2.64. The molecule has 6 nitrogen and oxygen atoms in total. The van der Waals surface area contributed by atoms with Crippen molar-refractivity contribution in [2.75, 3.05) is 12.4 Å². The van der Waals surface area contributed by atoms with E-state index in [1.807, 2.05) is 0 Å². The van der Waals surface area contributed by atoms with Gasteiger partial charge in [0.25, 0.3) is 0 Å². The molecule has 0 fully saturated rings. The van der Waals surface area contributed by atoms with Crippen molar-refractivity contribution < 1.29 is 14.6 Å². The molecule has 0 unspecified atom stereocenters. The first-order valence-corrected chi connectivity index (χ1v) is 6.17. The predicted octanol–water partition coefficient (Wildman–Crippen LogP) is 2.18. The highest BCUT2D eigenvalue weighted by molar-refractivity contribution is 5.76. The van der Waals surface area contributed by atoms with Gasteiger partial charge in [-0.15, -0.1) is 0 Å². The van der Waals surface area contributed by atoms with Gasteiger partial charge in [0.05, 0.1) is 19.5 Å². The van der Waals surface area contributed by atoms with Gasteiger partial charge >= 0.3 is 5.97 Å². The molecule has 106 valence electrons. The van der Waals surface area contributed by atoms with Crippen molar-refractivity contribution >= 4 is 11.9 Å². The molecule has 1 aromatic heterocycles. The number of hydrogen-bond donors (Lipinski definition) is 2. The van der Waals surface area contributed by atoms with Crippen molar-refractivity contribution in [3.05, 3.63) is 12.4 Å². The van der Waals surface area contributed by atoms with E-state index in [9.17, 15) is 9.90 Å². The maximum absolute atomic E-state index is 11.2. The molecule has 19 heavy (non-hydrogen) atoms. The zero-order valence-electron chi connectivity index (χ0n) is 11.8. The highest BCUT2D eigenvalue weighted by atomic mass is 16.5. The Morgan fingerprint density at radius 3 is 2.42 bits per heavy atom. The molecule has 1 atom stereocenters. The van der Waals surface area contributed by atoms with E-state index >= 15 is 0 Å². The molecule has 0 aliphatic heterocycles. The summed E-state index contributed by atoms with van der Waals surface area (Å²) in [5.74, 6) is -0.0714. The van der Waals surface area contributed by atoms with Crippen molar-refractivity contribution in [2.45, 2.75) is 39.7 Å². The third kappa shape index (κ3) is 5.54. The number of carboxylic acids is 1. The van der Waals surface area contributed by atoms with E-state index in [0.29, 0.717) is 18.1 Å². The fourth-order valence-electron chi connectivity index (χ4n) is 1.49. The predicted molar refractivity (Wildman–Crippen MR) is 72.3 cm³/mol. The van der Waals surface area contributed by atoms with Crippen LogP contribution in [0.1, 0.15) is 33.6 Å². The van der Waals surface area contributed by atoms with Crippen LogP contribution in [0.25, 0.3) is 0 Å². The van der Waals surface area contributed by atoms with Crippen LogP contribution in [-0.4, -0.2) is 34.2 Å². The van der Waals surface area contributed by atoms with Gasteiger partial charge in [-0.3, -0.25) is 0 Å². The molecule has 1 aromatic rings. The van der Waals surface area contributed by atoms with Crippen molar-refractivity contribution in [3.8, 4) is 5.75 Å². The minimum Gasteiger partial charge on any atom is -0.494 e. The highest BCUT2D eigenvalue weighted by Gasteiger charge is 2.21. The third-order valence-electron chi connectivity index (χ3n) is 2.65. The van der Waals surface area contributed by atoms with E-state index in [2.05, 4.69) is 36.1 Å². The summed E-state index contributed by atoms with van der Waals surface area (Å²) in [5, 5.41) is 12.0. The second-order valence-corrected chi connectivity index (χ2v) is 5.58. The maximum atomic E-state index is 11.2. The number of hydrogen-bond acceptors (Lipinski definition) is 5. The average Bonchev–Trinajstić information content (AvgIpc) is 2.33. The molecule has 6 heteroatoms. The number of methoxy groups -OCH3 is 1. The van der Waals surface area contributed by atoms with E-state index in [1.54, 1.807) is 0 Å². The van der Waals surface area contributed by atoms with Gasteiger partial charge in [-0.05, 0) is 18.3 Å². The Kier molecular flexibility index (Phi) is 5.09. The Morgan fingerprint density at radius 1 is 1.42 bits per heavy atom. The smallest absolute Gasteiger partial charge is 0.326 e. The van der Waals surface area contributed by atoms with Crippen LogP contribution in [0.3, 0.4) is 0 Å². The number of nitrogens with one attached hydrogen (secondary N) is 1. The van der Waals surface area contributed by atoms with Gasteiger partial charge in [0.1, 0.15) is 6.04 Å². The lowest BCUT2D eigenvalue weighted by Gasteiger charge is -2.21. The molecule has 0 aromatic carbocycles. The molecule has 0 bridgehead atoms. The van der Waals surface area contributed by atoms with Crippen LogP contribution in [-0.2, 0) is 4.79 Å². The Morgan fingerprint density at radius 2 is 2.00 bits per heavy atom. The summed E-state index contributed by atoms with van der Waals surface area (Å²) in [6, 6.07) is -0.687. The van der Waals surface area contributed by atoms with Gasteiger partial charge in [0, 0.05) is 0 Å². The number of anilines is 1. The van der Waals surface area contributed by atoms with E-state index in [1.165, 1.54) is 19.5 Å². The van der Waals surface area contributed by atoms with Crippen LogP contribution in [0.2, 0.25) is 0 Å². The lowest BCUT2D eigenvalue weighted by Crippen LogP contribution is -2.31. The van der Waals surface area contributed by atoms with Crippen LogP contribution < -0.4 is 10.1 Å². The van der Waals surface area contributed by atoms with E-state index < -0.39 is 12.0 Å². The first-order valence-electron chi connectivity index (χ1n) is 6.17. The summed E-state index contributed by atoms with van der Waals surface area (Å²) in [7, 11) is 1.52. The molecular weight excluding hydrogens is 246 g/mol. The molecule has 1 rings (SSSR count). The zero-order chi connectivity index (χ0) is 14.5. The number of carboxylic acid groups (broad SMARTS) is 1. The lowest BCUT2D eigenvalue weighted by molar-refractivity contribution is -0.138. The van der Waals surface area contributed by atoms with Crippen molar-refractivity contribution in [3.63, 3.8) is 0 Å². The molecule has 0 saturated heterocycles. The minimum absolute atomic E-state index is 0.0934. The summed E-state index contributed by atoms with van der Waals surface area (Å²) in [6.07, 6.45) is 4.32. The van der Waals surface area contributed by atoms with Crippen LogP contribution in [0.5, 0.6) is 5.75 Å². The molecule has 0 aliphatic rings. The van der Waals surface area contributed by atoms with E-state index in [4.69, 9.17) is 4.74 Å². The first kappa shape index (κ1) is 15.2. The van der Waals surface area contributed by atoms with Crippen molar-refractivity contribution in [1.29, 1.82) is 0 Å². The molecule has 0 spiro atoms. The quantitative estimate of drug-likeness (QED) is 0.821. The van der Waals surface area contributed by atoms with E-state index in [0.717, 1.165) is 6.42 Å². The molecule has 0 aliphatic carbocycles. The lowest BCUT2D eigenvalue weighted by atomic mass is 9.89. The van der Waals surface area contributed by atoms with Gasteiger partial charge in [0.2, 0.25) is 5.95 Å². The second kappa shape index (κ2) is 6.36. The summed E-state index contributed by atoms with van der Waals surface area (Å²) < 4.78 is 4.94. The zero-order valence-corrected chi connectivity index (χ0v) is 11.8. The minimum atomic E-state index is -0.899. The Hall–Kier alpha value is -1.85. The van der Waals surface area contributed by atoms with Gasteiger partial charge in [0.15, 0.2) is 5.75 Å². The van der Waals surface area contributed by atoms with Crippen LogP contribution in [0.4, 0.5) is 5.95 Å². The van der Waals surface area contributed by atoms with Gasteiger partial charge in [-0.25, -0.2) is 14.8 Å². The molecule has 0 radical (unpaired) electrons. The Labute approximate surface area is 113 Å². The normalized spacial score (nSPS) is 12.8. The number of aromatic nitrogens is 2. The van der Waals surface area contributed by atoms with Crippen LogP contribution in [0, 0.1) is 5.41 Å². The summed E-state index contributed by atoms with van der Waals surface area (Å²) in [4.78, 5) is 19.2. The fourth-order valence-corrected chi connectivity index (χ4v) is 1.49. The monoisotopic (exact) mass is 267 g/mol. The van der Waals surface area contributed by atoms with E-state index in [-0.39, 0.29) is 5.41 Å². The molecular formula is C13H21N3O3. The fraction of sp³-hybridized carbons (Fsp3) is 0.615. The molecule has 0 amide bonds. The number of rotatable bonds is 6. The van der Waals surface area contributed by atoms with Gasteiger partial charge in [-0.2, -0.15) is 0 Å².